The second-order valence-electron chi connectivity index (χ2n) is 4.63. The highest BCUT2D eigenvalue weighted by Gasteiger charge is 2.02. The van der Waals surface area contributed by atoms with Crippen molar-refractivity contribution in [3.05, 3.63) is 34.3 Å². The predicted molar refractivity (Wildman–Crippen MR) is 84.5 cm³/mol. The average Bonchev–Trinajstić information content (AvgIpc) is 2.40. The third-order valence-electron chi connectivity index (χ3n) is 2.91. The summed E-state index contributed by atoms with van der Waals surface area (Å²) >= 11 is 3.59. The summed E-state index contributed by atoms with van der Waals surface area (Å²) in [6.45, 7) is 7.78. The van der Waals surface area contributed by atoms with Gasteiger partial charge in [0, 0.05) is 37.3 Å². The van der Waals surface area contributed by atoms with Crippen LogP contribution >= 0.6 is 15.9 Å². The third-order valence-corrected chi connectivity index (χ3v) is 3.69. The molecule has 19 heavy (non-hydrogen) atoms. The van der Waals surface area contributed by atoms with Gasteiger partial charge in [-0.15, -0.1) is 0 Å². The zero-order valence-electron chi connectivity index (χ0n) is 12.0. The number of nitrogens with zero attached hydrogens (tertiary/aromatic N) is 1. The van der Waals surface area contributed by atoms with Crippen LogP contribution in [0.2, 0.25) is 0 Å². The Labute approximate surface area is 125 Å². The van der Waals surface area contributed by atoms with Gasteiger partial charge in [-0.2, -0.15) is 0 Å². The summed E-state index contributed by atoms with van der Waals surface area (Å²) in [5.41, 5.74) is 1.33. The topological polar surface area (TPSA) is 24.5 Å². The van der Waals surface area contributed by atoms with E-state index in [-0.39, 0.29) is 0 Å². The molecule has 1 rings (SSSR count). The minimum absolute atomic E-state index is 0.814. The third kappa shape index (κ3) is 7.67. The van der Waals surface area contributed by atoms with E-state index in [0.29, 0.717) is 0 Å². The maximum Gasteiger partial charge on any atom is 0.0477 e. The van der Waals surface area contributed by atoms with Crippen molar-refractivity contribution < 1.29 is 4.74 Å². The largest absolute Gasteiger partial charge is 0.382 e. The number of rotatable bonds is 10. The first-order valence-electron chi connectivity index (χ1n) is 6.94. The number of hydrogen-bond donors (Lipinski definition) is 1. The molecular formula is C15H25BrN2O. The van der Waals surface area contributed by atoms with Crippen LogP contribution in [0.3, 0.4) is 0 Å². The molecule has 0 saturated heterocycles. The van der Waals surface area contributed by atoms with Crippen molar-refractivity contribution in [2.24, 2.45) is 0 Å². The van der Waals surface area contributed by atoms with Crippen molar-refractivity contribution in [3.63, 3.8) is 0 Å². The monoisotopic (exact) mass is 328 g/mol. The molecule has 1 N–H and O–H groups in total. The quantitative estimate of drug-likeness (QED) is 0.668. The Morgan fingerprint density at radius 3 is 2.79 bits per heavy atom. The van der Waals surface area contributed by atoms with Gasteiger partial charge in [-0.3, -0.25) is 0 Å². The van der Waals surface area contributed by atoms with E-state index in [9.17, 15) is 0 Å². The highest BCUT2D eigenvalue weighted by Crippen LogP contribution is 2.16. The molecule has 3 nitrogen and oxygen atoms in total. The van der Waals surface area contributed by atoms with Crippen molar-refractivity contribution in [2.75, 3.05) is 39.9 Å². The van der Waals surface area contributed by atoms with Gasteiger partial charge in [-0.25, -0.2) is 0 Å². The summed E-state index contributed by atoms with van der Waals surface area (Å²) in [5, 5.41) is 3.44. The van der Waals surface area contributed by atoms with Crippen molar-refractivity contribution in [1.29, 1.82) is 0 Å². The summed E-state index contributed by atoms with van der Waals surface area (Å²) < 4.78 is 6.48. The van der Waals surface area contributed by atoms with Crippen molar-refractivity contribution in [3.8, 4) is 0 Å². The van der Waals surface area contributed by atoms with Gasteiger partial charge in [-0.05, 0) is 38.6 Å². The van der Waals surface area contributed by atoms with Crippen LogP contribution in [0.5, 0.6) is 0 Å². The SMILES string of the molecule is CCOCCCNCCN(C)Cc1ccccc1Br. The molecule has 0 amide bonds. The first kappa shape index (κ1) is 16.6. The lowest BCUT2D eigenvalue weighted by atomic mass is 10.2. The molecule has 0 saturated carbocycles. The standard InChI is InChI=1S/C15H25BrN2O/c1-3-19-12-6-9-17-10-11-18(2)13-14-7-4-5-8-15(14)16/h4-5,7-8,17H,3,6,9-13H2,1-2H3. The number of benzene rings is 1. The van der Waals surface area contributed by atoms with Gasteiger partial charge in [-0.1, -0.05) is 34.1 Å². The number of ether oxygens (including phenoxy) is 1. The van der Waals surface area contributed by atoms with Gasteiger partial charge < -0.3 is 15.0 Å². The van der Waals surface area contributed by atoms with Gasteiger partial charge in [0.2, 0.25) is 0 Å². The van der Waals surface area contributed by atoms with Crippen LogP contribution in [-0.2, 0) is 11.3 Å². The molecule has 0 aliphatic carbocycles. The van der Waals surface area contributed by atoms with E-state index in [1.807, 2.05) is 13.0 Å². The molecule has 1 aromatic rings. The Balaban J connectivity index is 2.08. The number of hydrogen-bond acceptors (Lipinski definition) is 3. The fourth-order valence-corrected chi connectivity index (χ4v) is 2.25. The molecule has 0 fully saturated rings. The van der Waals surface area contributed by atoms with E-state index in [2.05, 4.69) is 51.4 Å². The molecule has 0 heterocycles. The molecule has 0 spiro atoms. The predicted octanol–water partition coefficient (Wildman–Crippen LogP) is 2.90. The maximum absolute atomic E-state index is 5.30. The number of halogens is 1. The van der Waals surface area contributed by atoms with Crippen LogP contribution in [0.15, 0.2) is 28.7 Å². The van der Waals surface area contributed by atoms with Crippen molar-refractivity contribution >= 4 is 15.9 Å². The van der Waals surface area contributed by atoms with E-state index in [0.717, 1.165) is 45.8 Å². The van der Waals surface area contributed by atoms with Crippen LogP contribution < -0.4 is 5.32 Å². The molecule has 4 heteroatoms. The van der Waals surface area contributed by atoms with Crippen molar-refractivity contribution in [1.82, 2.24) is 10.2 Å². The molecule has 0 radical (unpaired) electrons. The van der Waals surface area contributed by atoms with Crippen LogP contribution in [0.25, 0.3) is 0 Å². The van der Waals surface area contributed by atoms with E-state index in [4.69, 9.17) is 4.74 Å². The van der Waals surface area contributed by atoms with Crippen LogP contribution in [0.4, 0.5) is 0 Å². The zero-order chi connectivity index (χ0) is 13.9. The first-order chi connectivity index (χ1) is 9.24. The fraction of sp³-hybridized carbons (Fsp3) is 0.600. The molecule has 108 valence electrons. The average molecular weight is 329 g/mol. The Morgan fingerprint density at radius 1 is 1.26 bits per heavy atom. The van der Waals surface area contributed by atoms with Gasteiger partial charge >= 0.3 is 0 Å². The second kappa shape index (κ2) is 10.4. The van der Waals surface area contributed by atoms with Gasteiger partial charge in [0.15, 0.2) is 0 Å². The Morgan fingerprint density at radius 2 is 2.05 bits per heavy atom. The Hall–Kier alpha value is -0.420. The second-order valence-corrected chi connectivity index (χ2v) is 5.48. The summed E-state index contributed by atoms with van der Waals surface area (Å²) in [5.74, 6) is 0. The normalized spacial score (nSPS) is 11.2. The fourth-order valence-electron chi connectivity index (χ4n) is 1.83. The lowest BCUT2D eigenvalue weighted by molar-refractivity contribution is 0.144. The lowest BCUT2D eigenvalue weighted by Crippen LogP contribution is -2.29. The smallest absolute Gasteiger partial charge is 0.0477 e. The molecule has 0 aliphatic heterocycles. The van der Waals surface area contributed by atoms with Crippen LogP contribution in [0, 0.1) is 0 Å². The molecular weight excluding hydrogens is 304 g/mol. The minimum Gasteiger partial charge on any atom is -0.382 e. The number of nitrogens with one attached hydrogen (secondary N) is 1. The van der Waals surface area contributed by atoms with Crippen molar-refractivity contribution in [2.45, 2.75) is 19.9 Å². The molecule has 0 atom stereocenters. The highest BCUT2D eigenvalue weighted by atomic mass is 79.9. The van der Waals surface area contributed by atoms with E-state index >= 15 is 0 Å². The Bertz CT molecular complexity index is 347. The van der Waals surface area contributed by atoms with Gasteiger partial charge in [0.05, 0.1) is 0 Å². The summed E-state index contributed by atoms with van der Waals surface area (Å²) in [7, 11) is 2.15. The Kier molecular flexibility index (Phi) is 9.08. The van der Waals surface area contributed by atoms with Crippen LogP contribution in [0.1, 0.15) is 18.9 Å². The summed E-state index contributed by atoms with van der Waals surface area (Å²) in [4.78, 5) is 2.33. The number of likely N-dealkylation sites (N-methyl/N-ethyl adjacent to an activating group) is 1. The van der Waals surface area contributed by atoms with E-state index in [1.54, 1.807) is 0 Å². The molecule has 1 aromatic carbocycles. The van der Waals surface area contributed by atoms with E-state index in [1.165, 1.54) is 10.0 Å². The molecule has 0 unspecified atom stereocenters. The first-order valence-corrected chi connectivity index (χ1v) is 7.73. The minimum atomic E-state index is 0.814. The zero-order valence-corrected chi connectivity index (χ0v) is 13.6. The summed E-state index contributed by atoms with van der Waals surface area (Å²) in [6, 6.07) is 8.39. The van der Waals surface area contributed by atoms with Crippen LogP contribution in [-0.4, -0.2) is 44.8 Å². The van der Waals surface area contributed by atoms with Gasteiger partial charge in [0.1, 0.15) is 0 Å². The maximum atomic E-state index is 5.30. The lowest BCUT2D eigenvalue weighted by Gasteiger charge is -2.17. The van der Waals surface area contributed by atoms with Gasteiger partial charge in [0.25, 0.3) is 0 Å². The van der Waals surface area contributed by atoms with E-state index < -0.39 is 0 Å². The molecule has 0 aromatic heterocycles. The molecule has 0 aliphatic rings. The molecule has 0 bridgehead atoms. The summed E-state index contributed by atoms with van der Waals surface area (Å²) in [6.07, 6.45) is 1.09. The highest BCUT2D eigenvalue weighted by molar-refractivity contribution is 9.10.